The molecule has 2 amide bonds. The number of fused-ring (bicyclic) bond motifs is 1. The summed E-state index contributed by atoms with van der Waals surface area (Å²) in [5.41, 5.74) is 1.81. The van der Waals surface area contributed by atoms with E-state index in [9.17, 15) is 9.59 Å². The fourth-order valence-corrected chi connectivity index (χ4v) is 5.93. The molecule has 4 heterocycles. The number of thiophene rings is 1. The van der Waals surface area contributed by atoms with E-state index in [0.717, 1.165) is 39.0 Å². The fourth-order valence-electron chi connectivity index (χ4n) is 4.18. The monoisotopic (exact) mass is 440 g/mol. The molecule has 0 atom stereocenters. The smallest absolute Gasteiger partial charge is 0.263 e. The van der Waals surface area contributed by atoms with Gasteiger partial charge in [0.1, 0.15) is 0 Å². The zero-order valence-corrected chi connectivity index (χ0v) is 18.3. The average molecular weight is 441 g/mol. The van der Waals surface area contributed by atoms with Crippen molar-refractivity contribution in [3.8, 4) is 0 Å². The van der Waals surface area contributed by atoms with Gasteiger partial charge in [0, 0.05) is 37.8 Å². The first-order valence-corrected chi connectivity index (χ1v) is 12.2. The van der Waals surface area contributed by atoms with Gasteiger partial charge in [-0.05, 0) is 55.3 Å². The lowest BCUT2D eigenvalue weighted by atomic mass is 9.95. The molecule has 2 aliphatic rings. The van der Waals surface area contributed by atoms with Crippen LogP contribution in [0, 0.1) is 5.92 Å². The SMILES string of the molecule is O=C(Nc1ccc2nc(N3CCCC3)sc2c1)C1CCN(C(=O)c2cccs2)CC1. The zero-order chi connectivity index (χ0) is 20.5. The van der Waals surface area contributed by atoms with E-state index in [4.69, 9.17) is 4.98 Å². The predicted octanol–water partition coefficient (Wildman–Crippen LogP) is 4.45. The Morgan fingerprint density at radius 1 is 1.07 bits per heavy atom. The molecule has 1 aromatic carbocycles. The van der Waals surface area contributed by atoms with E-state index >= 15 is 0 Å². The normalized spacial score (nSPS) is 17.6. The van der Waals surface area contributed by atoms with Gasteiger partial charge in [-0.1, -0.05) is 17.4 Å². The number of nitrogens with one attached hydrogen (secondary N) is 1. The van der Waals surface area contributed by atoms with Crippen LogP contribution in [0.3, 0.4) is 0 Å². The average Bonchev–Trinajstić information content (AvgIpc) is 3.54. The molecule has 0 aliphatic carbocycles. The Hall–Kier alpha value is -2.45. The van der Waals surface area contributed by atoms with E-state index in [1.54, 1.807) is 11.3 Å². The second-order valence-electron chi connectivity index (χ2n) is 7.91. The van der Waals surface area contributed by atoms with E-state index in [1.807, 2.05) is 40.6 Å². The third-order valence-corrected chi connectivity index (χ3v) is 7.84. The molecule has 2 aliphatic heterocycles. The summed E-state index contributed by atoms with van der Waals surface area (Å²) >= 11 is 3.16. The first-order chi connectivity index (χ1) is 14.7. The highest BCUT2D eigenvalue weighted by atomic mass is 32.1. The van der Waals surface area contributed by atoms with Gasteiger partial charge in [-0.2, -0.15) is 0 Å². The van der Waals surface area contributed by atoms with Crippen molar-refractivity contribution in [2.45, 2.75) is 25.7 Å². The van der Waals surface area contributed by atoms with Gasteiger partial charge in [-0.3, -0.25) is 9.59 Å². The molecule has 0 spiro atoms. The zero-order valence-electron chi connectivity index (χ0n) is 16.7. The molecule has 2 saturated heterocycles. The van der Waals surface area contributed by atoms with E-state index in [0.29, 0.717) is 25.9 Å². The second kappa shape index (κ2) is 8.35. The van der Waals surface area contributed by atoms with Crippen molar-refractivity contribution in [3.63, 3.8) is 0 Å². The minimum Gasteiger partial charge on any atom is -0.348 e. The largest absolute Gasteiger partial charge is 0.348 e. The Labute approximate surface area is 183 Å². The number of rotatable bonds is 4. The van der Waals surface area contributed by atoms with Crippen molar-refractivity contribution in [2.75, 3.05) is 36.4 Å². The highest BCUT2D eigenvalue weighted by Gasteiger charge is 2.28. The molecule has 5 rings (SSSR count). The molecule has 2 aromatic heterocycles. The summed E-state index contributed by atoms with van der Waals surface area (Å²) in [4.78, 5) is 35.0. The summed E-state index contributed by atoms with van der Waals surface area (Å²) in [6.07, 6.45) is 3.86. The number of anilines is 2. The van der Waals surface area contributed by atoms with Gasteiger partial charge in [0.25, 0.3) is 5.91 Å². The fraction of sp³-hybridized carbons (Fsp3) is 0.409. The van der Waals surface area contributed by atoms with Crippen molar-refractivity contribution in [2.24, 2.45) is 5.92 Å². The molecule has 3 aromatic rings. The number of likely N-dealkylation sites (tertiary alicyclic amines) is 1. The Bertz CT molecular complexity index is 1050. The van der Waals surface area contributed by atoms with Crippen molar-refractivity contribution in [1.29, 1.82) is 0 Å². The minimum absolute atomic E-state index is 0.0434. The molecule has 6 nitrogen and oxygen atoms in total. The number of piperidine rings is 1. The molecule has 30 heavy (non-hydrogen) atoms. The van der Waals surface area contributed by atoms with Gasteiger partial charge in [0.15, 0.2) is 5.13 Å². The second-order valence-corrected chi connectivity index (χ2v) is 9.86. The molecule has 0 bridgehead atoms. The number of nitrogens with zero attached hydrogens (tertiary/aromatic N) is 3. The number of thiazole rings is 1. The maximum absolute atomic E-state index is 12.8. The van der Waals surface area contributed by atoms with E-state index < -0.39 is 0 Å². The van der Waals surface area contributed by atoms with Crippen LogP contribution in [-0.4, -0.2) is 47.9 Å². The van der Waals surface area contributed by atoms with Gasteiger partial charge >= 0.3 is 0 Å². The number of aromatic nitrogens is 1. The summed E-state index contributed by atoms with van der Waals surface area (Å²) in [6.45, 7) is 3.41. The lowest BCUT2D eigenvalue weighted by molar-refractivity contribution is -0.121. The molecular formula is C22H24N4O2S2. The van der Waals surface area contributed by atoms with E-state index in [-0.39, 0.29) is 17.7 Å². The van der Waals surface area contributed by atoms with E-state index in [2.05, 4.69) is 10.2 Å². The molecule has 1 N–H and O–H groups in total. The van der Waals surface area contributed by atoms with Crippen LogP contribution in [0.15, 0.2) is 35.7 Å². The van der Waals surface area contributed by atoms with Crippen LogP contribution in [0.2, 0.25) is 0 Å². The predicted molar refractivity (Wildman–Crippen MR) is 123 cm³/mol. The molecule has 156 valence electrons. The van der Waals surface area contributed by atoms with Crippen LogP contribution in [0.1, 0.15) is 35.4 Å². The number of hydrogen-bond acceptors (Lipinski definition) is 6. The van der Waals surface area contributed by atoms with E-state index in [1.165, 1.54) is 24.2 Å². The maximum Gasteiger partial charge on any atom is 0.263 e. The first-order valence-electron chi connectivity index (χ1n) is 10.5. The third-order valence-electron chi connectivity index (χ3n) is 5.91. The lowest BCUT2D eigenvalue weighted by Gasteiger charge is -2.31. The first kappa shape index (κ1) is 19.5. The van der Waals surface area contributed by atoms with Crippen LogP contribution < -0.4 is 10.2 Å². The van der Waals surface area contributed by atoms with Crippen LogP contribution >= 0.6 is 22.7 Å². The highest BCUT2D eigenvalue weighted by Crippen LogP contribution is 2.32. The quantitative estimate of drug-likeness (QED) is 0.651. The minimum atomic E-state index is -0.0605. The van der Waals surface area contributed by atoms with Crippen molar-refractivity contribution in [1.82, 2.24) is 9.88 Å². The molecule has 0 unspecified atom stereocenters. The number of benzene rings is 1. The Morgan fingerprint density at radius 2 is 1.87 bits per heavy atom. The van der Waals surface area contributed by atoms with Gasteiger partial charge in [-0.25, -0.2) is 4.98 Å². The Morgan fingerprint density at radius 3 is 2.60 bits per heavy atom. The van der Waals surface area contributed by atoms with Crippen molar-refractivity contribution < 1.29 is 9.59 Å². The molecule has 0 saturated carbocycles. The molecule has 2 fully saturated rings. The molecular weight excluding hydrogens is 416 g/mol. The Balaban J connectivity index is 1.20. The third kappa shape index (κ3) is 3.94. The van der Waals surface area contributed by atoms with Crippen LogP contribution in [0.5, 0.6) is 0 Å². The highest BCUT2D eigenvalue weighted by molar-refractivity contribution is 7.22. The van der Waals surface area contributed by atoms with Crippen molar-refractivity contribution in [3.05, 3.63) is 40.6 Å². The standard InChI is InChI=1S/C22H24N4O2S2/c27-20(15-7-11-25(12-8-15)21(28)18-4-3-13-29-18)23-16-5-6-17-19(14-16)30-22(24-17)26-9-1-2-10-26/h3-6,13-15H,1-2,7-12H2,(H,23,27). The summed E-state index contributed by atoms with van der Waals surface area (Å²) in [6, 6.07) is 9.70. The van der Waals surface area contributed by atoms with Gasteiger partial charge in [0.05, 0.1) is 15.1 Å². The topological polar surface area (TPSA) is 65.5 Å². The lowest BCUT2D eigenvalue weighted by Crippen LogP contribution is -2.41. The Kier molecular flexibility index (Phi) is 5.43. The summed E-state index contributed by atoms with van der Waals surface area (Å²) in [7, 11) is 0. The summed E-state index contributed by atoms with van der Waals surface area (Å²) < 4.78 is 1.10. The van der Waals surface area contributed by atoms with Crippen LogP contribution in [0.25, 0.3) is 10.2 Å². The van der Waals surface area contributed by atoms with Crippen molar-refractivity contribution >= 4 is 55.5 Å². The number of hydrogen-bond donors (Lipinski definition) is 1. The summed E-state index contributed by atoms with van der Waals surface area (Å²) in [5, 5.41) is 6.07. The number of amides is 2. The number of carbonyl (C=O) groups excluding carboxylic acids is 2. The van der Waals surface area contributed by atoms with Gasteiger partial charge in [-0.15, -0.1) is 11.3 Å². The van der Waals surface area contributed by atoms with Gasteiger partial charge in [0.2, 0.25) is 5.91 Å². The summed E-state index contributed by atoms with van der Waals surface area (Å²) in [5.74, 6) is 0.0601. The van der Waals surface area contributed by atoms with Crippen LogP contribution in [0.4, 0.5) is 10.8 Å². The number of carbonyl (C=O) groups is 2. The van der Waals surface area contributed by atoms with Crippen LogP contribution in [-0.2, 0) is 4.79 Å². The maximum atomic E-state index is 12.8. The van der Waals surface area contributed by atoms with Gasteiger partial charge < -0.3 is 15.1 Å². The molecule has 0 radical (unpaired) electrons. The molecule has 8 heteroatoms.